The van der Waals surface area contributed by atoms with Gasteiger partial charge in [-0.25, -0.2) is 4.79 Å². The van der Waals surface area contributed by atoms with E-state index in [9.17, 15) is 14.4 Å². The van der Waals surface area contributed by atoms with Crippen molar-refractivity contribution in [1.29, 1.82) is 0 Å². The fraction of sp³-hybridized carbons (Fsp3) is 0.148. The normalized spacial score (nSPS) is 19.8. The van der Waals surface area contributed by atoms with Crippen LogP contribution in [0.25, 0.3) is 5.57 Å². The van der Waals surface area contributed by atoms with Crippen LogP contribution in [0.1, 0.15) is 11.1 Å². The standard InChI is InChI=1S/C27H23NO5/c1-32-25(30)21-22(18-12-6-3-7-13-18)27(19-14-8-4-9-15-19,23(24(21)29)26(31)33-2)28-20-16-10-5-11-17-20/h3-17,23,28H,1-2H3/t23-,27+/m1/s1. The van der Waals surface area contributed by atoms with Crippen molar-refractivity contribution in [2.45, 2.75) is 5.54 Å². The highest BCUT2D eigenvalue weighted by Crippen LogP contribution is 2.53. The summed E-state index contributed by atoms with van der Waals surface area (Å²) < 4.78 is 10.1. The van der Waals surface area contributed by atoms with Gasteiger partial charge in [0.1, 0.15) is 11.1 Å². The Bertz CT molecular complexity index is 1210. The van der Waals surface area contributed by atoms with Gasteiger partial charge in [0.15, 0.2) is 11.7 Å². The zero-order valence-electron chi connectivity index (χ0n) is 18.3. The second-order valence-electron chi connectivity index (χ2n) is 7.59. The van der Waals surface area contributed by atoms with E-state index in [4.69, 9.17) is 9.47 Å². The summed E-state index contributed by atoms with van der Waals surface area (Å²) in [4.78, 5) is 39.9. The first kappa shape index (κ1) is 22.0. The van der Waals surface area contributed by atoms with Gasteiger partial charge in [0.2, 0.25) is 0 Å². The Balaban J connectivity index is 2.13. The summed E-state index contributed by atoms with van der Waals surface area (Å²) in [5.74, 6) is -3.56. The maximum Gasteiger partial charge on any atom is 0.341 e. The molecule has 0 fully saturated rings. The predicted octanol–water partition coefficient (Wildman–Crippen LogP) is 3.99. The number of hydrogen-bond acceptors (Lipinski definition) is 6. The monoisotopic (exact) mass is 441 g/mol. The first-order valence-corrected chi connectivity index (χ1v) is 10.4. The molecule has 1 N–H and O–H groups in total. The maximum absolute atomic E-state index is 13.8. The molecule has 0 radical (unpaired) electrons. The summed E-state index contributed by atoms with van der Waals surface area (Å²) >= 11 is 0. The molecular formula is C27H23NO5. The lowest BCUT2D eigenvalue weighted by Crippen LogP contribution is -2.47. The van der Waals surface area contributed by atoms with Crippen LogP contribution >= 0.6 is 0 Å². The molecule has 0 spiro atoms. The molecule has 2 atom stereocenters. The van der Waals surface area contributed by atoms with E-state index in [1.165, 1.54) is 14.2 Å². The molecule has 0 heterocycles. The number of benzene rings is 3. The summed E-state index contributed by atoms with van der Waals surface area (Å²) in [5.41, 5.74) is 0.692. The SMILES string of the molecule is COC(=O)C1=C(c2ccccc2)[C@@](Nc2ccccc2)(c2ccccc2)[C@@H](C(=O)OC)C1=O. The molecular weight excluding hydrogens is 418 g/mol. The molecule has 0 aromatic heterocycles. The third kappa shape index (κ3) is 3.69. The Morgan fingerprint density at radius 2 is 1.33 bits per heavy atom. The number of nitrogens with one attached hydrogen (secondary N) is 1. The third-order valence-corrected chi connectivity index (χ3v) is 5.82. The van der Waals surface area contributed by atoms with Crippen molar-refractivity contribution >= 4 is 29.0 Å². The van der Waals surface area contributed by atoms with Crippen molar-refractivity contribution in [3.8, 4) is 0 Å². The van der Waals surface area contributed by atoms with E-state index in [0.717, 1.165) is 0 Å². The van der Waals surface area contributed by atoms with Crippen LogP contribution in [0, 0.1) is 5.92 Å². The van der Waals surface area contributed by atoms with Crippen molar-refractivity contribution in [2.75, 3.05) is 19.5 Å². The zero-order chi connectivity index (χ0) is 23.4. The summed E-state index contributed by atoms with van der Waals surface area (Å²) in [6.45, 7) is 0. The van der Waals surface area contributed by atoms with Crippen LogP contribution < -0.4 is 5.32 Å². The summed E-state index contributed by atoms with van der Waals surface area (Å²) in [5, 5.41) is 3.44. The van der Waals surface area contributed by atoms with Gasteiger partial charge in [0, 0.05) is 11.3 Å². The Morgan fingerprint density at radius 3 is 1.88 bits per heavy atom. The highest BCUT2D eigenvalue weighted by Gasteiger charge is 2.61. The van der Waals surface area contributed by atoms with Gasteiger partial charge in [0.25, 0.3) is 0 Å². The molecule has 3 aromatic carbocycles. The quantitative estimate of drug-likeness (QED) is 0.354. The molecule has 0 unspecified atom stereocenters. The van der Waals surface area contributed by atoms with Crippen molar-refractivity contribution < 1.29 is 23.9 Å². The molecule has 0 saturated carbocycles. The van der Waals surface area contributed by atoms with E-state index in [0.29, 0.717) is 22.4 Å². The minimum atomic E-state index is -1.42. The Morgan fingerprint density at radius 1 is 0.788 bits per heavy atom. The molecule has 0 saturated heterocycles. The van der Waals surface area contributed by atoms with Crippen molar-refractivity contribution in [3.05, 3.63) is 108 Å². The number of Topliss-reactive ketones (excluding diaryl/α,β-unsaturated/α-hetero) is 1. The molecule has 6 heteroatoms. The number of ketones is 1. The fourth-order valence-electron chi connectivity index (χ4n) is 4.46. The van der Waals surface area contributed by atoms with Crippen LogP contribution in [0.5, 0.6) is 0 Å². The van der Waals surface area contributed by atoms with Crippen LogP contribution in [0.4, 0.5) is 5.69 Å². The fourth-order valence-corrected chi connectivity index (χ4v) is 4.46. The molecule has 33 heavy (non-hydrogen) atoms. The number of hydrogen-bond donors (Lipinski definition) is 1. The van der Waals surface area contributed by atoms with E-state index in [2.05, 4.69) is 5.32 Å². The van der Waals surface area contributed by atoms with Gasteiger partial charge in [-0.3, -0.25) is 9.59 Å². The van der Waals surface area contributed by atoms with Crippen LogP contribution in [0.15, 0.2) is 96.6 Å². The molecule has 0 amide bonds. The van der Waals surface area contributed by atoms with E-state index in [-0.39, 0.29) is 5.57 Å². The lowest BCUT2D eigenvalue weighted by atomic mass is 9.73. The summed E-state index contributed by atoms with van der Waals surface area (Å²) in [6.07, 6.45) is 0. The van der Waals surface area contributed by atoms with E-state index < -0.39 is 29.2 Å². The maximum atomic E-state index is 13.8. The first-order valence-electron chi connectivity index (χ1n) is 10.4. The minimum absolute atomic E-state index is 0.175. The lowest BCUT2D eigenvalue weighted by Gasteiger charge is -2.38. The number of esters is 2. The smallest absolute Gasteiger partial charge is 0.341 e. The second-order valence-corrected chi connectivity index (χ2v) is 7.59. The van der Waals surface area contributed by atoms with E-state index in [1.54, 1.807) is 12.1 Å². The number of carbonyl (C=O) groups excluding carboxylic acids is 3. The average Bonchev–Trinajstić information content (AvgIpc) is 3.13. The Labute approximate surface area is 191 Å². The van der Waals surface area contributed by atoms with Crippen molar-refractivity contribution in [1.82, 2.24) is 0 Å². The van der Waals surface area contributed by atoms with Crippen molar-refractivity contribution in [3.63, 3.8) is 0 Å². The lowest BCUT2D eigenvalue weighted by molar-refractivity contribution is -0.150. The molecule has 1 aliphatic carbocycles. The number of anilines is 1. The van der Waals surface area contributed by atoms with E-state index >= 15 is 0 Å². The second kappa shape index (κ2) is 9.12. The molecule has 4 rings (SSSR count). The van der Waals surface area contributed by atoms with Crippen LogP contribution in [-0.2, 0) is 29.4 Å². The Kier molecular flexibility index (Phi) is 6.09. The number of para-hydroxylation sites is 1. The molecule has 3 aromatic rings. The molecule has 6 nitrogen and oxygen atoms in total. The largest absolute Gasteiger partial charge is 0.468 e. The summed E-state index contributed by atoms with van der Waals surface area (Å²) in [6, 6.07) is 27.4. The molecule has 1 aliphatic rings. The third-order valence-electron chi connectivity index (χ3n) is 5.82. The topological polar surface area (TPSA) is 81.7 Å². The number of carbonyl (C=O) groups is 3. The summed E-state index contributed by atoms with van der Waals surface area (Å²) in [7, 11) is 2.44. The minimum Gasteiger partial charge on any atom is -0.468 e. The highest BCUT2D eigenvalue weighted by molar-refractivity contribution is 6.32. The van der Waals surface area contributed by atoms with Gasteiger partial charge < -0.3 is 14.8 Å². The van der Waals surface area contributed by atoms with E-state index in [1.807, 2.05) is 78.9 Å². The van der Waals surface area contributed by atoms with Crippen LogP contribution in [0.3, 0.4) is 0 Å². The van der Waals surface area contributed by atoms with Gasteiger partial charge in [-0.15, -0.1) is 0 Å². The predicted molar refractivity (Wildman–Crippen MR) is 124 cm³/mol. The van der Waals surface area contributed by atoms with Crippen LogP contribution in [-0.4, -0.2) is 31.9 Å². The van der Waals surface area contributed by atoms with Gasteiger partial charge in [-0.1, -0.05) is 78.9 Å². The zero-order valence-corrected chi connectivity index (χ0v) is 18.3. The van der Waals surface area contributed by atoms with Gasteiger partial charge >= 0.3 is 11.9 Å². The number of ether oxygens (including phenoxy) is 2. The molecule has 0 bridgehead atoms. The highest BCUT2D eigenvalue weighted by atomic mass is 16.5. The van der Waals surface area contributed by atoms with Crippen molar-refractivity contribution in [2.24, 2.45) is 5.92 Å². The number of rotatable bonds is 6. The van der Waals surface area contributed by atoms with Gasteiger partial charge in [-0.05, 0) is 23.3 Å². The Hall–Kier alpha value is -4.19. The number of methoxy groups -OCH3 is 2. The molecule has 166 valence electrons. The first-order chi connectivity index (χ1) is 16.0. The van der Waals surface area contributed by atoms with Gasteiger partial charge in [-0.2, -0.15) is 0 Å². The van der Waals surface area contributed by atoms with Crippen LogP contribution in [0.2, 0.25) is 0 Å². The van der Waals surface area contributed by atoms with Gasteiger partial charge in [0.05, 0.1) is 14.2 Å². The molecule has 0 aliphatic heterocycles. The average molecular weight is 441 g/mol.